The van der Waals surface area contributed by atoms with E-state index in [9.17, 15) is 18.8 Å². The van der Waals surface area contributed by atoms with Crippen LogP contribution in [0.4, 0.5) is 14.9 Å². The van der Waals surface area contributed by atoms with Gasteiger partial charge in [0.2, 0.25) is 0 Å². The van der Waals surface area contributed by atoms with Gasteiger partial charge in [-0.3, -0.25) is 15.1 Å². The van der Waals surface area contributed by atoms with Crippen molar-refractivity contribution in [2.45, 2.75) is 0 Å². The topological polar surface area (TPSA) is 97.4 Å². The van der Waals surface area contributed by atoms with Crippen LogP contribution in [0.25, 0.3) is 17.0 Å². The van der Waals surface area contributed by atoms with Crippen molar-refractivity contribution in [2.75, 3.05) is 11.9 Å². The Morgan fingerprint density at radius 2 is 1.83 bits per heavy atom. The van der Waals surface area contributed by atoms with Crippen molar-refractivity contribution < 1.29 is 23.5 Å². The molecule has 2 N–H and O–H groups in total. The third kappa shape index (κ3) is 5.46. The number of para-hydroxylation sites is 2. The minimum atomic E-state index is -0.937. The van der Waals surface area contributed by atoms with Crippen molar-refractivity contribution in [3.63, 3.8) is 0 Å². The number of carbonyl (C=O) groups excluding carboxylic acids is 3. The average molecular weight is 393 g/mol. The molecule has 0 fully saturated rings. The van der Waals surface area contributed by atoms with E-state index in [1.165, 1.54) is 24.3 Å². The number of aromatic nitrogens is 1. The highest BCUT2D eigenvalue weighted by atomic mass is 19.1. The fourth-order valence-electron chi connectivity index (χ4n) is 2.48. The van der Waals surface area contributed by atoms with Crippen molar-refractivity contribution >= 4 is 40.6 Å². The summed E-state index contributed by atoms with van der Waals surface area (Å²) in [4.78, 5) is 39.5. The largest absolute Gasteiger partial charge is 0.452 e. The number of hydrogen-bond acceptors (Lipinski definition) is 5. The number of rotatable bonds is 5. The molecule has 1 aromatic heterocycles. The van der Waals surface area contributed by atoms with Gasteiger partial charge in [-0.2, -0.15) is 0 Å². The summed E-state index contributed by atoms with van der Waals surface area (Å²) in [7, 11) is 0. The average Bonchev–Trinajstić information content (AvgIpc) is 2.72. The lowest BCUT2D eigenvalue weighted by Crippen LogP contribution is -2.37. The van der Waals surface area contributed by atoms with Crippen LogP contribution in [-0.2, 0) is 14.3 Å². The summed E-state index contributed by atoms with van der Waals surface area (Å²) in [5.74, 6) is -2.26. The maximum absolute atomic E-state index is 13.5. The molecule has 0 spiro atoms. The molecule has 8 heteroatoms. The molecule has 3 amide bonds. The Labute approximate surface area is 165 Å². The van der Waals surface area contributed by atoms with E-state index in [0.717, 1.165) is 23.0 Å². The molecular weight excluding hydrogens is 377 g/mol. The molecule has 0 atom stereocenters. The Bertz CT molecular complexity index is 1090. The number of urea groups is 1. The lowest BCUT2D eigenvalue weighted by atomic mass is 10.1. The number of amides is 3. The van der Waals surface area contributed by atoms with E-state index in [1.807, 2.05) is 29.6 Å². The summed E-state index contributed by atoms with van der Waals surface area (Å²) in [5, 5.41) is 5.05. The van der Waals surface area contributed by atoms with Crippen LogP contribution >= 0.6 is 0 Å². The van der Waals surface area contributed by atoms with Gasteiger partial charge in [0.15, 0.2) is 6.61 Å². The lowest BCUT2D eigenvalue weighted by molar-refractivity contribution is -0.143. The monoisotopic (exact) mass is 393 g/mol. The fraction of sp³-hybridized carbons (Fsp3) is 0.0476. The molecule has 29 heavy (non-hydrogen) atoms. The van der Waals surface area contributed by atoms with Crippen molar-refractivity contribution in [2.24, 2.45) is 0 Å². The molecule has 3 aromatic rings. The van der Waals surface area contributed by atoms with Gasteiger partial charge in [-0.25, -0.2) is 14.0 Å². The molecule has 0 saturated heterocycles. The van der Waals surface area contributed by atoms with Crippen LogP contribution in [0.1, 0.15) is 5.56 Å². The number of ether oxygens (including phenoxy) is 1. The predicted octanol–water partition coefficient (Wildman–Crippen LogP) is 3.28. The van der Waals surface area contributed by atoms with Crippen LogP contribution in [0, 0.1) is 5.82 Å². The Morgan fingerprint density at radius 3 is 2.66 bits per heavy atom. The number of pyridine rings is 1. The lowest BCUT2D eigenvalue weighted by Gasteiger charge is -2.07. The SMILES string of the molecule is O=C(COC(=O)/C=C\c1cccc2cccnc12)NC(=O)Nc1ccccc1F. The van der Waals surface area contributed by atoms with Crippen LogP contribution < -0.4 is 10.6 Å². The van der Waals surface area contributed by atoms with Gasteiger partial charge in [0.25, 0.3) is 5.91 Å². The molecule has 146 valence electrons. The van der Waals surface area contributed by atoms with Crippen LogP contribution in [0.5, 0.6) is 0 Å². The molecule has 0 saturated carbocycles. The quantitative estimate of drug-likeness (QED) is 0.512. The van der Waals surface area contributed by atoms with Gasteiger partial charge in [-0.05, 0) is 24.3 Å². The number of fused-ring (bicyclic) bond motifs is 1. The Kier molecular flexibility index (Phi) is 6.26. The van der Waals surface area contributed by atoms with Gasteiger partial charge in [-0.1, -0.05) is 36.4 Å². The van der Waals surface area contributed by atoms with Gasteiger partial charge < -0.3 is 10.1 Å². The van der Waals surface area contributed by atoms with Crippen LogP contribution in [0.15, 0.2) is 66.9 Å². The first-order valence-electron chi connectivity index (χ1n) is 8.57. The molecule has 7 nitrogen and oxygen atoms in total. The van der Waals surface area contributed by atoms with E-state index < -0.39 is 30.3 Å². The van der Waals surface area contributed by atoms with E-state index in [0.29, 0.717) is 5.56 Å². The summed E-state index contributed by atoms with van der Waals surface area (Å²) in [5.41, 5.74) is 1.36. The number of imide groups is 1. The molecule has 1 heterocycles. The third-order valence-corrected chi connectivity index (χ3v) is 3.78. The van der Waals surface area contributed by atoms with Crippen LogP contribution in [0.3, 0.4) is 0 Å². The number of benzene rings is 2. The summed E-state index contributed by atoms with van der Waals surface area (Å²) in [6.45, 7) is -0.665. The smallest absolute Gasteiger partial charge is 0.331 e. The highest BCUT2D eigenvalue weighted by molar-refractivity contribution is 6.02. The molecule has 0 aliphatic heterocycles. The van der Waals surface area contributed by atoms with Crippen molar-refractivity contribution in [3.8, 4) is 0 Å². The number of nitrogens with zero attached hydrogens (tertiary/aromatic N) is 1. The van der Waals surface area contributed by atoms with E-state index in [-0.39, 0.29) is 5.69 Å². The van der Waals surface area contributed by atoms with Gasteiger partial charge in [0.05, 0.1) is 11.2 Å². The normalized spacial score (nSPS) is 10.7. The minimum Gasteiger partial charge on any atom is -0.452 e. The first-order chi connectivity index (χ1) is 14.0. The zero-order valence-corrected chi connectivity index (χ0v) is 15.1. The molecular formula is C21H16FN3O4. The molecule has 0 bridgehead atoms. The second-order valence-corrected chi connectivity index (χ2v) is 5.85. The Morgan fingerprint density at radius 1 is 1.03 bits per heavy atom. The van der Waals surface area contributed by atoms with Gasteiger partial charge in [-0.15, -0.1) is 0 Å². The minimum absolute atomic E-state index is 0.0820. The highest BCUT2D eigenvalue weighted by Crippen LogP contribution is 2.17. The van der Waals surface area contributed by atoms with E-state index in [2.05, 4.69) is 10.3 Å². The van der Waals surface area contributed by atoms with E-state index >= 15 is 0 Å². The second-order valence-electron chi connectivity index (χ2n) is 5.85. The second kappa shape index (κ2) is 9.23. The molecule has 0 aliphatic carbocycles. The van der Waals surface area contributed by atoms with Gasteiger partial charge >= 0.3 is 12.0 Å². The van der Waals surface area contributed by atoms with Crippen molar-refractivity contribution in [3.05, 3.63) is 78.3 Å². The van der Waals surface area contributed by atoms with E-state index in [4.69, 9.17) is 4.74 Å². The third-order valence-electron chi connectivity index (χ3n) is 3.78. The van der Waals surface area contributed by atoms with Crippen molar-refractivity contribution in [1.82, 2.24) is 10.3 Å². The molecule has 0 unspecified atom stereocenters. The predicted molar refractivity (Wildman–Crippen MR) is 105 cm³/mol. The summed E-state index contributed by atoms with van der Waals surface area (Å²) < 4.78 is 18.3. The first kappa shape index (κ1) is 19.7. The standard InChI is InChI=1S/C21H16FN3O4/c22-16-8-1-2-9-17(16)24-21(28)25-18(26)13-29-19(27)11-10-15-6-3-5-14-7-4-12-23-20(14)15/h1-12H,13H2,(H2,24,25,26,28)/b11-10-. The highest BCUT2D eigenvalue weighted by Gasteiger charge is 2.11. The van der Waals surface area contributed by atoms with Gasteiger partial charge in [0.1, 0.15) is 5.82 Å². The van der Waals surface area contributed by atoms with Crippen LogP contribution in [-0.4, -0.2) is 29.5 Å². The Balaban J connectivity index is 1.50. The maximum atomic E-state index is 13.5. The molecule has 3 rings (SSSR count). The summed E-state index contributed by atoms with van der Waals surface area (Å²) in [6, 6.07) is 13.8. The summed E-state index contributed by atoms with van der Waals surface area (Å²) in [6.07, 6.45) is 4.34. The number of anilines is 1. The fourth-order valence-corrected chi connectivity index (χ4v) is 2.48. The zero-order valence-electron chi connectivity index (χ0n) is 15.1. The molecule has 0 radical (unpaired) electrons. The molecule has 0 aliphatic rings. The zero-order chi connectivity index (χ0) is 20.6. The van der Waals surface area contributed by atoms with Crippen LogP contribution in [0.2, 0.25) is 0 Å². The van der Waals surface area contributed by atoms with Gasteiger partial charge in [0, 0.05) is 23.2 Å². The number of carbonyl (C=O) groups is 3. The van der Waals surface area contributed by atoms with E-state index in [1.54, 1.807) is 12.3 Å². The first-order valence-corrected chi connectivity index (χ1v) is 8.57. The van der Waals surface area contributed by atoms with Crippen molar-refractivity contribution in [1.29, 1.82) is 0 Å². The number of halogens is 1. The summed E-state index contributed by atoms with van der Waals surface area (Å²) >= 11 is 0. The number of nitrogens with one attached hydrogen (secondary N) is 2. The maximum Gasteiger partial charge on any atom is 0.331 e. The Hall–Kier alpha value is -4.07. The molecule has 2 aromatic carbocycles. The number of esters is 1. The number of hydrogen-bond donors (Lipinski definition) is 2.